The molecule has 0 spiro atoms. The van der Waals surface area contributed by atoms with Gasteiger partial charge in [0.05, 0.1) is 6.61 Å². The van der Waals surface area contributed by atoms with Crippen LogP contribution in [0, 0.1) is 0 Å². The number of aromatic nitrogens is 1. The molecule has 0 aromatic carbocycles. The Hall–Kier alpha value is -0.800. The highest BCUT2D eigenvalue weighted by Crippen LogP contribution is 2.12. The average Bonchev–Trinajstić information content (AvgIpc) is 2.15. The molecule has 0 saturated heterocycles. The summed E-state index contributed by atoms with van der Waals surface area (Å²) in [5, 5.41) is 3.77. The van der Waals surface area contributed by atoms with E-state index in [1.165, 1.54) is 0 Å². The number of ether oxygens (including phenoxy) is 1. The van der Waals surface area contributed by atoms with Crippen LogP contribution in [0.2, 0.25) is 5.15 Å². The van der Waals surface area contributed by atoms with Gasteiger partial charge in [-0.1, -0.05) is 11.6 Å². The molecule has 1 unspecified atom stereocenters. The number of halogens is 1. The fourth-order valence-corrected chi connectivity index (χ4v) is 1.29. The lowest BCUT2D eigenvalue weighted by Gasteiger charge is -2.14. The van der Waals surface area contributed by atoms with Gasteiger partial charge >= 0.3 is 0 Å². The molecule has 78 valence electrons. The van der Waals surface area contributed by atoms with Crippen molar-refractivity contribution in [1.29, 1.82) is 0 Å². The summed E-state index contributed by atoms with van der Waals surface area (Å²) in [5.74, 6) is 0. The van der Waals surface area contributed by atoms with E-state index < -0.39 is 0 Å². The Bertz CT molecular complexity index is 281. The van der Waals surface area contributed by atoms with Crippen molar-refractivity contribution < 1.29 is 4.74 Å². The van der Waals surface area contributed by atoms with E-state index in [1.807, 2.05) is 13.0 Å². The number of pyridine rings is 1. The first-order valence-electron chi connectivity index (χ1n) is 4.68. The largest absolute Gasteiger partial charge is 0.380 e. The van der Waals surface area contributed by atoms with Gasteiger partial charge < -0.3 is 10.1 Å². The van der Waals surface area contributed by atoms with Crippen LogP contribution in [0.4, 0.5) is 5.69 Å². The molecule has 0 aliphatic heterocycles. The Balaban J connectivity index is 2.43. The van der Waals surface area contributed by atoms with E-state index in [-0.39, 0.29) is 6.04 Å². The number of rotatable bonds is 5. The zero-order chi connectivity index (χ0) is 10.4. The quantitative estimate of drug-likeness (QED) is 0.765. The van der Waals surface area contributed by atoms with Gasteiger partial charge in [-0.3, -0.25) is 0 Å². The number of hydrogen-bond donors (Lipinski definition) is 1. The van der Waals surface area contributed by atoms with Crippen molar-refractivity contribution in [3.63, 3.8) is 0 Å². The summed E-state index contributed by atoms with van der Waals surface area (Å²) in [6.45, 7) is 5.47. The van der Waals surface area contributed by atoms with Gasteiger partial charge in [-0.05, 0) is 26.0 Å². The molecule has 1 N–H and O–H groups in total. The van der Waals surface area contributed by atoms with Crippen LogP contribution in [0.3, 0.4) is 0 Å². The van der Waals surface area contributed by atoms with Gasteiger partial charge in [-0.15, -0.1) is 0 Å². The summed E-state index contributed by atoms with van der Waals surface area (Å²) in [6.07, 6.45) is 1.68. The van der Waals surface area contributed by atoms with Crippen molar-refractivity contribution in [1.82, 2.24) is 4.98 Å². The Morgan fingerprint density at radius 2 is 2.43 bits per heavy atom. The van der Waals surface area contributed by atoms with Gasteiger partial charge in [0.25, 0.3) is 0 Å². The predicted molar refractivity (Wildman–Crippen MR) is 58.8 cm³/mol. The van der Waals surface area contributed by atoms with Crippen LogP contribution < -0.4 is 5.32 Å². The summed E-state index contributed by atoms with van der Waals surface area (Å²) in [7, 11) is 0. The second-order valence-electron chi connectivity index (χ2n) is 3.07. The lowest BCUT2D eigenvalue weighted by Crippen LogP contribution is -2.21. The zero-order valence-corrected chi connectivity index (χ0v) is 9.21. The molecule has 1 aromatic rings. The molecule has 0 fully saturated rings. The van der Waals surface area contributed by atoms with Crippen molar-refractivity contribution in [2.45, 2.75) is 19.9 Å². The maximum absolute atomic E-state index is 5.75. The molecule has 1 atom stereocenters. The first-order valence-corrected chi connectivity index (χ1v) is 5.06. The molecule has 1 aromatic heterocycles. The molecule has 1 heterocycles. The Kier molecular flexibility index (Phi) is 4.70. The molecule has 1 rings (SSSR count). The van der Waals surface area contributed by atoms with E-state index in [0.717, 1.165) is 12.3 Å². The summed E-state index contributed by atoms with van der Waals surface area (Å²) in [6, 6.07) is 3.95. The van der Waals surface area contributed by atoms with Gasteiger partial charge in [0, 0.05) is 24.5 Å². The van der Waals surface area contributed by atoms with Crippen molar-refractivity contribution in [3.05, 3.63) is 23.5 Å². The van der Waals surface area contributed by atoms with E-state index in [2.05, 4.69) is 17.2 Å². The fraction of sp³-hybridized carbons (Fsp3) is 0.500. The van der Waals surface area contributed by atoms with Crippen LogP contribution in [0.15, 0.2) is 18.3 Å². The van der Waals surface area contributed by atoms with Crippen LogP contribution >= 0.6 is 11.6 Å². The molecular weight excluding hydrogens is 200 g/mol. The normalized spacial score (nSPS) is 12.5. The van der Waals surface area contributed by atoms with Crippen LogP contribution in [-0.4, -0.2) is 24.2 Å². The van der Waals surface area contributed by atoms with E-state index in [4.69, 9.17) is 16.3 Å². The Morgan fingerprint density at radius 3 is 3.07 bits per heavy atom. The second kappa shape index (κ2) is 5.83. The molecule has 0 saturated carbocycles. The van der Waals surface area contributed by atoms with Gasteiger partial charge in [-0.25, -0.2) is 4.98 Å². The topological polar surface area (TPSA) is 34.1 Å². The number of nitrogens with one attached hydrogen (secondary N) is 1. The van der Waals surface area contributed by atoms with Gasteiger partial charge in [0.2, 0.25) is 0 Å². The third-order valence-corrected chi connectivity index (χ3v) is 1.92. The van der Waals surface area contributed by atoms with Crippen LogP contribution in [-0.2, 0) is 4.74 Å². The smallest absolute Gasteiger partial charge is 0.131 e. The molecule has 0 aliphatic carbocycles. The highest BCUT2D eigenvalue weighted by Gasteiger charge is 2.01. The monoisotopic (exact) mass is 214 g/mol. The molecular formula is C10H15ClN2O. The number of anilines is 1. The standard InChI is InChI=1S/C10H15ClN2O/c1-3-14-7-8(2)13-9-4-5-12-10(11)6-9/h4-6,8H,3,7H2,1-2H3,(H,12,13). The van der Waals surface area contributed by atoms with Crippen LogP contribution in [0.5, 0.6) is 0 Å². The second-order valence-corrected chi connectivity index (χ2v) is 3.46. The van der Waals surface area contributed by atoms with Gasteiger partial charge in [0.15, 0.2) is 0 Å². The summed E-state index contributed by atoms with van der Waals surface area (Å²) in [4.78, 5) is 3.90. The molecule has 14 heavy (non-hydrogen) atoms. The van der Waals surface area contributed by atoms with E-state index in [1.54, 1.807) is 12.3 Å². The molecule has 0 radical (unpaired) electrons. The van der Waals surface area contributed by atoms with E-state index >= 15 is 0 Å². The zero-order valence-electron chi connectivity index (χ0n) is 8.46. The number of nitrogens with zero attached hydrogens (tertiary/aromatic N) is 1. The van der Waals surface area contributed by atoms with Crippen molar-refractivity contribution >= 4 is 17.3 Å². The third-order valence-electron chi connectivity index (χ3n) is 1.71. The first kappa shape index (κ1) is 11.3. The fourth-order valence-electron chi connectivity index (χ4n) is 1.11. The number of hydrogen-bond acceptors (Lipinski definition) is 3. The minimum Gasteiger partial charge on any atom is -0.380 e. The first-order chi connectivity index (χ1) is 6.72. The summed E-state index contributed by atoms with van der Waals surface area (Å²) in [5.41, 5.74) is 0.970. The maximum Gasteiger partial charge on any atom is 0.131 e. The molecule has 0 aliphatic rings. The third kappa shape index (κ3) is 3.94. The van der Waals surface area contributed by atoms with Crippen molar-refractivity contribution in [2.24, 2.45) is 0 Å². The van der Waals surface area contributed by atoms with Crippen LogP contribution in [0.1, 0.15) is 13.8 Å². The Morgan fingerprint density at radius 1 is 1.64 bits per heavy atom. The van der Waals surface area contributed by atoms with Gasteiger partial charge in [-0.2, -0.15) is 0 Å². The minimum absolute atomic E-state index is 0.272. The Labute approximate surface area is 89.4 Å². The van der Waals surface area contributed by atoms with Crippen molar-refractivity contribution in [2.75, 3.05) is 18.5 Å². The lowest BCUT2D eigenvalue weighted by molar-refractivity contribution is 0.141. The minimum atomic E-state index is 0.272. The average molecular weight is 215 g/mol. The lowest BCUT2D eigenvalue weighted by atomic mass is 10.3. The van der Waals surface area contributed by atoms with Crippen LogP contribution in [0.25, 0.3) is 0 Å². The predicted octanol–water partition coefficient (Wildman–Crippen LogP) is 2.57. The van der Waals surface area contributed by atoms with E-state index in [9.17, 15) is 0 Å². The molecule has 0 amide bonds. The van der Waals surface area contributed by atoms with Crippen molar-refractivity contribution in [3.8, 4) is 0 Å². The molecule has 0 bridgehead atoms. The summed E-state index contributed by atoms with van der Waals surface area (Å²) >= 11 is 5.75. The maximum atomic E-state index is 5.75. The van der Waals surface area contributed by atoms with E-state index in [0.29, 0.717) is 11.8 Å². The SMILES string of the molecule is CCOCC(C)Nc1ccnc(Cl)c1. The highest BCUT2D eigenvalue weighted by molar-refractivity contribution is 6.29. The summed E-state index contributed by atoms with van der Waals surface area (Å²) < 4.78 is 5.29. The molecule has 3 nitrogen and oxygen atoms in total. The molecule has 4 heteroatoms. The van der Waals surface area contributed by atoms with Gasteiger partial charge in [0.1, 0.15) is 5.15 Å². The highest BCUT2D eigenvalue weighted by atomic mass is 35.5.